The summed E-state index contributed by atoms with van der Waals surface area (Å²) in [5.74, 6) is -1.81. The molecule has 0 saturated carbocycles. The number of carbonyl (C=O) groups excluding carboxylic acids is 4. The van der Waals surface area contributed by atoms with E-state index in [-0.39, 0.29) is 30.5 Å². The Kier molecular flexibility index (Phi) is 23.0. The van der Waals surface area contributed by atoms with E-state index in [1.54, 1.807) is 19.1 Å². The van der Waals surface area contributed by atoms with Gasteiger partial charge in [-0.3, -0.25) is 4.79 Å². The van der Waals surface area contributed by atoms with Crippen LogP contribution in [-0.2, 0) is 19.1 Å². The third-order valence-corrected chi connectivity index (χ3v) is 13.6. The minimum atomic E-state index is -0.912. The van der Waals surface area contributed by atoms with Crippen LogP contribution < -0.4 is 0 Å². The zero-order valence-corrected chi connectivity index (χ0v) is 45.2. The largest absolute Gasteiger partial charge is 0.477 e. The number of aromatic carboxylic acids is 1. The third-order valence-electron chi connectivity index (χ3n) is 13.6. The van der Waals surface area contributed by atoms with Crippen molar-refractivity contribution in [1.29, 1.82) is 0 Å². The van der Waals surface area contributed by atoms with Crippen molar-refractivity contribution in [3.05, 3.63) is 162 Å². The molecule has 3 N–H and O–H groups in total. The first-order valence-corrected chi connectivity index (χ1v) is 23.4. The molecule has 6 aromatic rings. The average molecular weight is 983 g/mol. The first-order valence-electron chi connectivity index (χ1n) is 23.4. The second-order valence-corrected chi connectivity index (χ2v) is 17.4. The number of carboxylic acids is 1. The fourth-order valence-electron chi connectivity index (χ4n) is 7.79. The van der Waals surface area contributed by atoms with Gasteiger partial charge in [-0.05, 0) is 255 Å². The zero-order valence-electron chi connectivity index (χ0n) is 45.2. The summed E-state index contributed by atoms with van der Waals surface area (Å²) >= 11 is 0. The fourth-order valence-corrected chi connectivity index (χ4v) is 7.79. The average Bonchev–Trinajstić information content (AvgIpc) is 4.03. The Morgan fingerprint density at radius 2 is 0.972 bits per heavy atom. The Morgan fingerprint density at radius 1 is 0.556 bits per heavy atom. The molecule has 0 bridgehead atoms. The Morgan fingerprint density at radius 3 is 1.38 bits per heavy atom. The number of azide groups is 2. The van der Waals surface area contributed by atoms with E-state index in [0.29, 0.717) is 18.6 Å². The molecule has 2 heterocycles. The first-order chi connectivity index (χ1) is 33.8. The Labute approximate surface area is 422 Å². The summed E-state index contributed by atoms with van der Waals surface area (Å²) < 4.78 is 9.91. The minimum absolute atomic E-state index is 0.0277. The van der Waals surface area contributed by atoms with E-state index in [9.17, 15) is 24.0 Å². The lowest BCUT2D eigenvalue weighted by molar-refractivity contribution is -0.138. The molecular weight excluding hydrogens is 913 g/mol. The summed E-state index contributed by atoms with van der Waals surface area (Å²) in [4.78, 5) is 65.5. The highest BCUT2D eigenvalue weighted by Crippen LogP contribution is 2.31. The molecule has 72 heavy (non-hydrogen) atoms. The number of fused-ring (bicyclic) bond motifs is 2. The number of esters is 2. The van der Waals surface area contributed by atoms with E-state index in [2.05, 4.69) is 92.3 Å². The van der Waals surface area contributed by atoms with E-state index in [0.717, 1.165) is 67.0 Å². The molecule has 4 aromatic carbocycles. The van der Waals surface area contributed by atoms with Gasteiger partial charge in [-0.2, -0.15) is 0 Å². The van der Waals surface area contributed by atoms with Crippen molar-refractivity contribution in [2.75, 3.05) is 19.8 Å². The number of nitrogens with one attached hydrogen (secondary N) is 2. The molecule has 16 heteroatoms. The maximum atomic E-state index is 11.8. The summed E-state index contributed by atoms with van der Waals surface area (Å²) in [6.45, 7) is 36.9. The Bertz CT molecular complexity index is 3070. The van der Waals surface area contributed by atoms with Crippen molar-refractivity contribution in [2.45, 2.75) is 125 Å². The molecule has 0 amide bonds. The molecule has 0 spiro atoms. The monoisotopic (exact) mass is 983 g/mol. The molecule has 6 rings (SSSR count). The van der Waals surface area contributed by atoms with Gasteiger partial charge in [-0.1, -0.05) is 16.3 Å². The van der Waals surface area contributed by atoms with Crippen LogP contribution in [0.5, 0.6) is 0 Å². The van der Waals surface area contributed by atoms with Gasteiger partial charge < -0.3 is 29.3 Å². The Hall–Kier alpha value is -7.93. The van der Waals surface area contributed by atoms with Crippen LogP contribution in [0.2, 0.25) is 0 Å². The lowest BCUT2D eigenvalue weighted by Crippen LogP contribution is -2.06. The summed E-state index contributed by atoms with van der Waals surface area (Å²) in [6.07, 6.45) is 3.04. The molecule has 0 saturated heterocycles. The number of nitrogens with zero attached hydrogens (tertiary/aromatic N) is 6. The predicted molar refractivity (Wildman–Crippen MR) is 287 cm³/mol. The highest BCUT2D eigenvalue weighted by atomic mass is 16.5. The van der Waals surface area contributed by atoms with Gasteiger partial charge >= 0.3 is 17.9 Å². The summed E-state index contributed by atoms with van der Waals surface area (Å²) in [5.41, 5.74) is 39.6. The SMILES string of the molecule is CCOC(=O)/C(=C\c1cc(C)c(C)c(C)c1C)N=[N+]=[N-].CCOC(=O)c1cc2c(C)c(C)c(C)c(C)c2[nH]1.Cc1c(C)c(C)c2[nH]c(C(=O)O)cc2c1C.Cc1cc(C=O)c(C)c(C)c1C.[N-]=[N+]=NCC=O. The summed E-state index contributed by atoms with van der Waals surface area (Å²) in [6, 6.07) is 7.53. The summed E-state index contributed by atoms with van der Waals surface area (Å²) in [5, 5.41) is 17.4. The van der Waals surface area contributed by atoms with Gasteiger partial charge in [0.2, 0.25) is 0 Å². The Balaban J connectivity index is 0.000000320. The molecule has 16 nitrogen and oxygen atoms in total. The van der Waals surface area contributed by atoms with E-state index in [1.165, 1.54) is 61.2 Å². The number of ether oxygens (including phenoxy) is 2. The standard InChI is InChI=1S/C15H19N3O2.C15H19NO2.C13H15NO2.C11H14O.C2H3N3O/c1-6-20-15(19)14(17-18-16)8-13-7-9(2)10(3)11(4)12(13)5;1-6-18-15(17)13-7-12-10(4)8(2)9(3)11(5)14(12)16-13;1-6-7(2)9(4)12-10(8(6)3)5-11(14-12)13(15)16;1-7-5-11(6-12)10(4)9(3)8(7)2;3-5-4-1-2-6/h7-8H,6H2,1-5H3;7,16H,6H2,1-5H3;5,14H,1-4H3,(H,15,16);5-6H,1-4H3;2H,1H2/b14-8+;;;;. The number of aldehydes is 2. The molecule has 382 valence electrons. The van der Waals surface area contributed by atoms with Gasteiger partial charge in [-0.25, -0.2) is 14.4 Å². The molecular formula is C56H70N8O8. The van der Waals surface area contributed by atoms with Crippen LogP contribution in [0.15, 0.2) is 40.2 Å². The van der Waals surface area contributed by atoms with Crippen LogP contribution in [-0.4, -0.2) is 65.3 Å². The number of aromatic nitrogens is 2. The van der Waals surface area contributed by atoms with E-state index in [1.807, 2.05) is 73.6 Å². The lowest BCUT2D eigenvalue weighted by Gasteiger charge is -2.12. The van der Waals surface area contributed by atoms with Crippen molar-refractivity contribution in [3.63, 3.8) is 0 Å². The molecule has 2 aromatic heterocycles. The number of hydrogen-bond acceptors (Lipinski definition) is 9. The highest BCUT2D eigenvalue weighted by Gasteiger charge is 2.17. The van der Waals surface area contributed by atoms with Crippen molar-refractivity contribution in [2.24, 2.45) is 10.2 Å². The normalized spacial score (nSPS) is 10.4. The van der Waals surface area contributed by atoms with Gasteiger partial charge in [0, 0.05) is 37.2 Å². The number of aromatic amines is 2. The van der Waals surface area contributed by atoms with Crippen LogP contribution in [0.4, 0.5) is 0 Å². The second-order valence-electron chi connectivity index (χ2n) is 17.4. The molecule has 0 atom stereocenters. The zero-order chi connectivity index (χ0) is 54.9. The van der Waals surface area contributed by atoms with Gasteiger partial charge in [-0.15, -0.1) is 0 Å². The maximum Gasteiger partial charge on any atom is 0.354 e. The van der Waals surface area contributed by atoms with Crippen LogP contribution in [0.3, 0.4) is 0 Å². The van der Waals surface area contributed by atoms with Gasteiger partial charge in [0.15, 0.2) is 0 Å². The van der Waals surface area contributed by atoms with E-state index in [4.69, 9.17) is 25.6 Å². The highest BCUT2D eigenvalue weighted by molar-refractivity contribution is 5.99. The van der Waals surface area contributed by atoms with E-state index >= 15 is 0 Å². The lowest BCUT2D eigenvalue weighted by atomic mass is 9.94. The minimum Gasteiger partial charge on any atom is -0.477 e. The van der Waals surface area contributed by atoms with Crippen LogP contribution in [0.25, 0.3) is 48.8 Å². The smallest absolute Gasteiger partial charge is 0.354 e. The third kappa shape index (κ3) is 14.6. The van der Waals surface area contributed by atoms with Crippen molar-refractivity contribution in [1.82, 2.24) is 9.97 Å². The topological polar surface area (TPSA) is 253 Å². The van der Waals surface area contributed by atoms with Crippen LogP contribution in [0, 0.1) is 111 Å². The molecule has 0 aliphatic rings. The van der Waals surface area contributed by atoms with Crippen LogP contribution >= 0.6 is 0 Å². The molecule has 0 aliphatic heterocycles. The maximum absolute atomic E-state index is 11.8. The molecule has 0 radical (unpaired) electrons. The van der Waals surface area contributed by atoms with Crippen molar-refractivity contribution in [3.8, 4) is 0 Å². The number of rotatable bonds is 10. The number of H-pyrrole nitrogens is 2. The van der Waals surface area contributed by atoms with Crippen LogP contribution in [0.1, 0.15) is 140 Å². The van der Waals surface area contributed by atoms with Crippen molar-refractivity contribution >= 4 is 58.4 Å². The number of aryl methyl sites for hydroxylation is 6. The quantitative estimate of drug-likeness (QED) is 0.0296. The molecule has 0 unspecified atom stereocenters. The van der Waals surface area contributed by atoms with Crippen molar-refractivity contribution < 1.29 is 38.6 Å². The number of carbonyl (C=O) groups is 5. The summed E-state index contributed by atoms with van der Waals surface area (Å²) in [7, 11) is 0. The predicted octanol–water partition coefficient (Wildman–Crippen LogP) is 14.0. The number of hydrogen-bond donors (Lipinski definition) is 3. The number of benzene rings is 4. The molecule has 0 aliphatic carbocycles. The van der Waals surface area contributed by atoms with Gasteiger partial charge in [0.25, 0.3) is 0 Å². The fraction of sp³-hybridized carbons (Fsp3) is 0.375. The first kappa shape index (κ1) is 60.2. The van der Waals surface area contributed by atoms with E-state index < -0.39 is 11.9 Å². The number of carboxylic acid groups (broad SMARTS) is 1. The second kappa shape index (κ2) is 27.5. The van der Waals surface area contributed by atoms with Gasteiger partial charge in [0.05, 0.1) is 19.8 Å². The molecule has 0 fully saturated rings. The van der Waals surface area contributed by atoms with Gasteiger partial charge in [0.1, 0.15) is 29.7 Å².